The van der Waals surface area contributed by atoms with E-state index in [1.807, 2.05) is 6.92 Å². The molecule has 1 amide bonds. The minimum Gasteiger partial charge on any atom is -0.480 e. The predicted molar refractivity (Wildman–Crippen MR) is 101 cm³/mol. The van der Waals surface area contributed by atoms with Crippen LogP contribution in [0.4, 0.5) is 0 Å². The smallest absolute Gasteiger partial charge is 0.326 e. The van der Waals surface area contributed by atoms with Crippen molar-refractivity contribution < 1.29 is 24.2 Å². The van der Waals surface area contributed by atoms with Crippen molar-refractivity contribution in [3.05, 3.63) is 0 Å². The molecule has 1 aliphatic heterocycles. The molecule has 1 saturated carbocycles. The summed E-state index contributed by atoms with van der Waals surface area (Å²) in [6.45, 7) is 7.47. The van der Waals surface area contributed by atoms with Crippen LogP contribution in [0.25, 0.3) is 0 Å². The molecule has 7 heteroatoms. The molecule has 27 heavy (non-hydrogen) atoms. The number of ether oxygens (including phenoxy) is 1. The molecule has 1 saturated heterocycles. The maximum absolute atomic E-state index is 13.2. The number of fused-ring (bicyclic) bond motifs is 1. The van der Waals surface area contributed by atoms with Gasteiger partial charge in [0.1, 0.15) is 11.6 Å². The van der Waals surface area contributed by atoms with E-state index < -0.39 is 23.6 Å². The van der Waals surface area contributed by atoms with E-state index in [1.165, 1.54) is 0 Å². The Labute approximate surface area is 161 Å². The van der Waals surface area contributed by atoms with Crippen LogP contribution in [-0.2, 0) is 19.1 Å². The van der Waals surface area contributed by atoms with Gasteiger partial charge in [-0.1, -0.05) is 26.2 Å². The summed E-state index contributed by atoms with van der Waals surface area (Å²) in [4.78, 5) is 39.0. The summed E-state index contributed by atoms with van der Waals surface area (Å²) < 4.78 is 5.19. The topological polar surface area (TPSA) is 95.9 Å². The Kier molecular flexibility index (Phi) is 7.25. The molecule has 0 radical (unpaired) electrons. The molecule has 2 rings (SSSR count). The van der Waals surface area contributed by atoms with Crippen LogP contribution in [0.1, 0.15) is 72.6 Å². The Balaban J connectivity index is 2.18. The van der Waals surface area contributed by atoms with E-state index >= 15 is 0 Å². The lowest BCUT2D eigenvalue weighted by Crippen LogP contribution is -2.60. The number of rotatable bonds is 8. The SMILES string of the molecule is CCCC(C)(NC(C)C(=O)N1C(C(=O)O)CC2CCCCC21)C(=O)OCC. The lowest BCUT2D eigenvalue weighted by molar-refractivity contribution is -0.154. The van der Waals surface area contributed by atoms with Crippen molar-refractivity contribution in [2.75, 3.05) is 6.61 Å². The molecule has 0 aromatic carbocycles. The van der Waals surface area contributed by atoms with E-state index in [2.05, 4.69) is 5.32 Å². The minimum atomic E-state index is -0.968. The second-order valence-corrected chi connectivity index (χ2v) is 8.12. The highest BCUT2D eigenvalue weighted by Crippen LogP contribution is 2.40. The molecule has 0 bridgehead atoms. The first-order chi connectivity index (χ1) is 12.7. The van der Waals surface area contributed by atoms with Gasteiger partial charge in [0, 0.05) is 6.04 Å². The van der Waals surface area contributed by atoms with Gasteiger partial charge in [-0.25, -0.2) is 4.79 Å². The summed E-state index contributed by atoms with van der Waals surface area (Å²) in [7, 11) is 0. The minimum absolute atomic E-state index is 0.00313. The number of esters is 1. The van der Waals surface area contributed by atoms with Gasteiger partial charge in [-0.05, 0) is 52.4 Å². The number of nitrogens with one attached hydrogen (secondary N) is 1. The first kappa shape index (κ1) is 21.7. The molecule has 1 heterocycles. The van der Waals surface area contributed by atoms with Crippen LogP contribution in [0.5, 0.6) is 0 Å². The first-order valence-corrected chi connectivity index (χ1v) is 10.2. The molecule has 2 fully saturated rings. The molecule has 0 aromatic heterocycles. The first-order valence-electron chi connectivity index (χ1n) is 10.2. The summed E-state index contributed by atoms with van der Waals surface area (Å²) >= 11 is 0. The van der Waals surface area contributed by atoms with Crippen molar-refractivity contribution in [2.24, 2.45) is 5.92 Å². The zero-order chi connectivity index (χ0) is 20.2. The van der Waals surface area contributed by atoms with Crippen molar-refractivity contribution in [3.63, 3.8) is 0 Å². The van der Waals surface area contributed by atoms with Crippen LogP contribution in [0.3, 0.4) is 0 Å². The fraction of sp³-hybridized carbons (Fsp3) is 0.850. The summed E-state index contributed by atoms with van der Waals surface area (Å²) in [5, 5.41) is 12.8. The van der Waals surface area contributed by atoms with E-state index in [9.17, 15) is 19.5 Å². The van der Waals surface area contributed by atoms with E-state index in [1.54, 1.807) is 25.7 Å². The molecule has 1 aliphatic carbocycles. The Morgan fingerprint density at radius 3 is 2.52 bits per heavy atom. The number of carbonyl (C=O) groups excluding carboxylic acids is 2. The third-order valence-corrected chi connectivity index (χ3v) is 6.01. The number of hydrogen-bond donors (Lipinski definition) is 2. The average Bonchev–Trinajstić information content (AvgIpc) is 3.01. The van der Waals surface area contributed by atoms with E-state index in [0.717, 1.165) is 32.1 Å². The maximum atomic E-state index is 13.2. The highest BCUT2D eigenvalue weighted by Gasteiger charge is 2.49. The maximum Gasteiger partial charge on any atom is 0.326 e. The number of carboxylic acids is 1. The lowest BCUT2D eigenvalue weighted by atomic mass is 9.84. The van der Waals surface area contributed by atoms with Gasteiger partial charge < -0.3 is 14.7 Å². The lowest BCUT2D eigenvalue weighted by Gasteiger charge is -2.37. The highest BCUT2D eigenvalue weighted by atomic mass is 16.5. The molecule has 2 N–H and O–H groups in total. The molecule has 5 unspecified atom stereocenters. The fourth-order valence-corrected chi connectivity index (χ4v) is 4.78. The van der Waals surface area contributed by atoms with Crippen molar-refractivity contribution in [1.29, 1.82) is 0 Å². The number of carboxylic acid groups (broad SMARTS) is 1. The number of likely N-dealkylation sites (tertiary alicyclic amines) is 1. The quantitative estimate of drug-likeness (QED) is 0.626. The van der Waals surface area contributed by atoms with Crippen LogP contribution < -0.4 is 5.32 Å². The number of nitrogens with zero attached hydrogens (tertiary/aromatic N) is 1. The fourth-order valence-electron chi connectivity index (χ4n) is 4.78. The van der Waals surface area contributed by atoms with Crippen molar-refractivity contribution in [2.45, 2.75) is 96.3 Å². The van der Waals surface area contributed by atoms with Crippen LogP contribution in [-0.4, -0.2) is 58.1 Å². The van der Waals surface area contributed by atoms with Crippen molar-refractivity contribution >= 4 is 17.8 Å². The van der Waals surface area contributed by atoms with E-state index in [0.29, 0.717) is 12.8 Å². The van der Waals surface area contributed by atoms with Gasteiger partial charge in [-0.15, -0.1) is 0 Å². The van der Waals surface area contributed by atoms with Crippen LogP contribution in [0.15, 0.2) is 0 Å². The third kappa shape index (κ3) is 4.62. The largest absolute Gasteiger partial charge is 0.480 e. The van der Waals surface area contributed by atoms with Crippen LogP contribution in [0, 0.1) is 5.92 Å². The third-order valence-electron chi connectivity index (χ3n) is 6.01. The summed E-state index contributed by atoms with van der Waals surface area (Å²) in [6, 6.07) is -1.43. The van der Waals surface area contributed by atoms with Crippen LogP contribution in [0.2, 0.25) is 0 Å². The molecular formula is C20H34N2O5. The van der Waals surface area contributed by atoms with Gasteiger partial charge in [-0.3, -0.25) is 14.9 Å². The zero-order valence-electron chi connectivity index (χ0n) is 17.0. The summed E-state index contributed by atoms with van der Waals surface area (Å²) in [6.07, 6.45) is 5.79. The molecule has 0 spiro atoms. The van der Waals surface area contributed by atoms with Gasteiger partial charge in [-0.2, -0.15) is 0 Å². The number of aliphatic carboxylic acids is 1. The van der Waals surface area contributed by atoms with Gasteiger partial charge >= 0.3 is 11.9 Å². The predicted octanol–water partition coefficient (Wildman–Crippen LogP) is 2.33. The van der Waals surface area contributed by atoms with Crippen molar-refractivity contribution in [1.82, 2.24) is 10.2 Å². The van der Waals surface area contributed by atoms with Gasteiger partial charge in [0.2, 0.25) is 5.91 Å². The Morgan fingerprint density at radius 1 is 1.26 bits per heavy atom. The molecule has 2 aliphatic rings. The van der Waals surface area contributed by atoms with Crippen molar-refractivity contribution in [3.8, 4) is 0 Å². The summed E-state index contributed by atoms with van der Waals surface area (Å²) in [5.74, 6) is -1.28. The number of amides is 1. The number of carbonyl (C=O) groups is 3. The Bertz CT molecular complexity index is 567. The summed E-state index contributed by atoms with van der Waals surface area (Å²) in [5.41, 5.74) is -0.968. The Hall–Kier alpha value is -1.63. The second-order valence-electron chi connectivity index (χ2n) is 8.12. The molecule has 0 aromatic rings. The highest BCUT2D eigenvalue weighted by molar-refractivity contribution is 5.89. The second kappa shape index (κ2) is 9.04. The van der Waals surface area contributed by atoms with Gasteiger partial charge in [0.15, 0.2) is 0 Å². The molecule has 154 valence electrons. The van der Waals surface area contributed by atoms with E-state index in [-0.39, 0.29) is 30.4 Å². The Morgan fingerprint density at radius 2 is 1.93 bits per heavy atom. The standard InChI is InChI=1S/C20H34N2O5/c1-5-11-20(4,19(26)27-6-2)21-13(3)17(23)22-15-10-8-7-9-14(15)12-16(22)18(24)25/h13-16,21H,5-12H2,1-4H3,(H,24,25). The molecular weight excluding hydrogens is 348 g/mol. The molecule has 7 nitrogen and oxygen atoms in total. The normalized spacial score (nSPS) is 28.1. The average molecular weight is 383 g/mol. The van der Waals surface area contributed by atoms with Gasteiger partial charge in [0.05, 0.1) is 12.6 Å². The zero-order valence-corrected chi connectivity index (χ0v) is 17.0. The number of hydrogen-bond acceptors (Lipinski definition) is 5. The van der Waals surface area contributed by atoms with Crippen LogP contribution >= 0.6 is 0 Å². The molecule has 5 atom stereocenters. The van der Waals surface area contributed by atoms with Gasteiger partial charge in [0.25, 0.3) is 0 Å². The van der Waals surface area contributed by atoms with E-state index in [4.69, 9.17) is 4.74 Å². The monoisotopic (exact) mass is 382 g/mol.